The van der Waals surface area contributed by atoms with Crippen molar-refractivity contribution in [3.8, 4) is 0 Å². The highest BCUT2D eigenvalue weighted by molar-refractivity contribution is 5.67. The number of ether oxygens (including phenoxy) is 1. The molecule has 0 spiro atoms. The van der Waals surface area contributed by atoms with E-state index in [0.717, 1.165) is 32.3 Å². The van der Waals surface area contributed by atoms with Crippen molar-refractivity contribution in [1.82, 2.24) is 0 Å². The fraction of sp³-hybridized carbons (Fsp3) is 0.955. The minimum Gasteiger partial charge on any atom is -0.550 e. The van der Waals surface area contributed by atoms with E-state index in [9.17, 15) is 9.90 Å². The first kappa shape index (κ1) is 22.5. The normalized spacial score (nSPS) is 17.6. The van der Waals surface area contributed by atoms with Crippen LogP contribution in [-0.4, -0.2) is 18.7 Å². The largest absolute Gasteiger partial charge is 0.550 e. The Kier molecular flexibility index (Phi) is 14.1. The molecule has 0 aromatic carbocycles. The van der Waals surface area contributed by atoms with Crippen LogP contribution in [-0.2, 0) is 9.53 Å². The molecule has 0 bridgehead atoms. The molecule has 0 N–H and O–H groups in total. The van der Waals surface area contributed by atoms with Gasteiger partial charge in [-0.2, -0.15) is 0 Å². The molecular weight excluding hydrogens is 312 g/mol. The molecule has 0 radical (unpaired) electrons. The molecule has 1 aliphatic rings. The monoisotopic (exact) mass is 353 g/mol. The molecule has 0 aromatic heterocycles. The minimum atomic E-state index is -0.865. The lowest BCUT2D eigenvalue weighted by Gasteiger charge is -2.17. The summed E-state index contributed by atoms with van der Waals surface area (Å²) in [5, 5.41) is 11.1. The Hall–Kier alpha value is -0.570. The summed E-state index contributed by atoms with van der Waals surface area (Å²) in [7, 11) is 0. The van der Waals surface area contributed by atoms with E-state index >= 15 is 0 Å². The summed E-state index contributed by atoms with van der Waals surface area (Å²) >= 11 is 0. The van der Waals surface area contributed by atoms with Gasteiger partial charge in [0, 0.05) is 5.97 Å². The number of hydrogen-bond acceptors (Lipinski definition) is 3. The molecule has 0 saturated carbocycles. The Bertz CT molecular complexity index is 312. The average Bonchev–Trinajstić information content (AvgIpc) is 3.41. The van der Waals surface area contributed by atoms with Crippen molar-refractivity contribution in [2.24, 2.45) is 5.92 Å². The van der Waals surface area contributed by atoms with E-state index in [1.165, 1.54) is 83.5 Å². The quantitative estimate of drug-likeness (QED) is 0.231. The van der Waals surface area contributed by atoms with Gasteiger partial charge in [0.15, 0.2) is 0 Å². The number of carboxylic acid groups (broad SMARTS) is 1. The van der Waals surface area contributed by atoms with Crippen molar-refractivity contribution in [1.29, 1.82) is 0 Å². The van der Waals surface area contributed by atoms with Gasteiger partial charge in [0.1, 0.15) is 0 Å². The van der Waals surface area contributed by atoms with Gasteiger partial charge in [0.25, 0.3) is 0 Å². The van der Waals surface area contributed by atoms with Crippen LogP contribution >= 0.6 is 0 Å². The van der Waals surface area contributed by atoms with Gasteiger partial charge < -0.3 is 14.6 Å². The summed E-state index contributed by atoms with van der Waals surface area (Å²) in [5.74, 6) is -1.13. The van der Waals surface area contributed by atoms with Crippen LogP contribution in [0.4, 0.5) is 0 Å². The number of aliphatic carboxylic acids is 1. The third kappa shape index (κ3) is 14.3. The number of epoxide rings is 1. The Morgan fingerprint density at radius 1 is 0.840 bits per heavy atom. The summed E-state index contributed by atoms with van der Waals surface area (Å²) in [4.78, 5) is 11.1. The highest BCUT2D eigenvalue weighted by atomic mass is 16.6. The zero-order chi connectivity index (χ0) is 18.2. The van der Waals surface area contributed by atoms with Gasteiger partial charge in [0.05, 0.1) is 12.7 Å². The second kappa shape index (κ2) is 15.7. The van der Waals surface area contributed by atoms with Gasteiger partial charge in [-0.05, 0) is 25.2 Å². The molecule has 0 aromatic rings. The molecule has 1 fully saturated rings. The van der Waals surface area contributed by atoms with Crippen molar-refractivity contribution in [3.63, 3.8) is 0 Å². The van der Waals surface area contributed by atoms with Crippen LogP contribution in [0.15, 0.2) is 0 Å². The molecule has 1 aliphatic heterocycles. The van der Waals surface area contributed by atoms with Crippen LogP contribution in [0.5, 0.6) is 0 Å². The van der Waals surface area contributed by atoms with Crippen LogP contribution in [0.3, 0.4) is 0 Å². The zero-order valence-corrected chi connectivity index (χ0v) is 16.6. The fourth-order valence-electron chi connectivity index (χ4n) is 3.59. The molecule has 1 rings (SSSR count). The molecule has 148 valence electrons. The van der Waals surface area contributed by atoms with Gasteiger partial charge >= 0.3 is 0 Å². The number of rotatable bonds is 19. The lowest BCUT2D eigenvalue weighted by atomic mass is 9.95. The zero-order valence-electron chi connectivity index (χ0n) is 16.6. The van der Waals surface area contributed by atoms with Crippen LogP contribution in [0, 0.1) is 5.92 Å². The topological polar surface area (TPSA) is 52.7 Å². The molecule has 25 heavy (non-hydrogen) atoms. The third-order valence-electron chi connectivity index (χ3n) is 5.48. The standard InChI is InChI=1S/C22H42O3/c1-2-3-4-5-6-7-8-9-10-11-12-13-14-15-16-20(22(23)24)17-18-21-19-25-21/h20-21H,2-19H2,1H3,(H,23,24)/p-1. The number of unbranched alkanes of at least 4 members (excludes halogenated alkanes) is 13. The highest BCUT2D eigenvalue weighted by Gasteiger charge is 2.23. The first-order valence-electron chi connectivity index (χ1n) is 11.1. The molecular formula is C22H41O3-. The van der Waals surface area contributed by atoms with Gasteiger partial charge in [-0.15, -0.1) is 0 Å². The van der Waals surface area contributed by atoms with Gasteiger partial charge in [-0.1, -0.05) is 96.8 Å². The Balaban J connectivity index is 1.79. The van der Waals surface area contributed by atoms with Crippen LogP contribution in [0.25, 0.3) is 0 Å². The highest BCUT2D eigenvalue weighted by Crippen LogP contribution is 2.22. The van der Waals surface area contributed by atoms with Crippen molar-refractivity contribution >= 4 is 5.97 Å². The van der Waals surface area contributed by atoms with E-state index in [2.05, 4.69) is 6.92 Å². The van der Waals surface area contributed by atoms with Crippen molar-refractivity contribution in [2.45, 2.75) is 122 Å². The van der Waals surface area contributed by atoms with Gasteiger partial charge in [0.2, 0.25) is 0 Å². The van der Waals surface area contributed by atoms with Crippen molar-refractivity contribution < 1.29 is 14.6 Å². The average molecular weight is 354 g/mol. The predicted octanol–water partition coefficient (Wildman–Crippen LogP) is 5.40. The minimum absolute atomic E-state index is 0.262. The number of carbonyl (C=O) groups excluding carboxylic acids is 1. The molecule has 2 unspecified atom stereocenters. The van der Waals surface area contributed by atoms with E-state index in [0.29, 0.717) is 6.10 Å². The maximum Gasteiger partial charge on any atom is 0.0810 e. The third-order valence-corrected chi connectivity index (χ3v) is 5.48. The van der Waals surface area contributed by atoms with E-state index in [1.54, 1.807) is 0 Å². The maximum atomic E-state index is 11.1. The van der Waals surface area contributed by atoms with Crippen LogP contribution < -0.4 is 5.11 Å². The molecule has 1 heterocycles. The van der Waals surface area contributed by atoms with Gasteiger partial charge in [-0.25, -0.2) is 0 Å². The van der Waals surface area contributed by atoms with Crippen LogP contribution in [0.2, 0.25) is 0 Å². The molecule has 3 nitrogen and oxygen atoms in total. The lowest BCUT2D eigenvalue weighted by molar-refractivity contribution is -0.312. The Labute approximate surface area is 155 Å². The van der Waals surface area contributed by atoms with Gasteiger partial charge in [-0.3, -0.25) is 0 Å². The first-order valence-corrected chi connectivity index (χ1v) is 11.1. The smallest absolute Gasteiger partial charge is 0.0810 e. The van der Waals surface area contributed by atoms with Crippen LogP contribution in [0.1, 0.15) is 116 Å². The molecule has 0 aliphatic carbocycles. The maximum absolute atomic E-state index is 11.1. The predicted molar refractivity (Wildman–Crippen MR) is 102 cm³/mol. The number of carboxylic acids is 1. The first-order chi connectivity index (χ1) is 12.2. The second-order valence-corrected chi connectivity index (χ2v) is 7.93. The lowest BCUT2D eigenvalue weighted by Crippen LogP contribution is -2.31. The van der Waals surface area contributed by atoms with E-state index in [-0.39, 0.29) is 5.92 Å². The van der Waals surface area contributed by atoms with E-state index in [1.807, 2.05) is 0 Å². The number of hydrogen-bond donors (Lipinski definition) is 0. The summed E-state index contributed by atoms with van der Waals surface area (Å²) in [6, 6.07) is 0. The summed E-state index contributed by atoms with van der Waals surface area (Å²) in [6.07, 6.45) is 21.4. The SMILES string of the molecule is CCCCCCCCCCCCCCCCC(CCC1CO1)C(=O)[O-]. The van der Waals surface area contributed by atoms with E-state index in [4.69, 9.17) is 4.74 Å². The summed E-state index contributed by atoms with van der Waals surface area (Å²) < 4.78 is 5.15. The number of carbonyl (C=O) groups is 1. The Morgan fingerprint density at radius 3 is 1.68 bits per heavy atom. The molecule has 0 amide bonds. The summed E-state index contributed by atoms with van der Waals surface area (Å²) in [5.41, 5.74) is 0. The fourth-order valence-corrected chi connectivity index (χ4v) is 3.59. The van der Waals surface area contributed by atoms with Crippen molar-refractivity contribution in [2.75, 3.05) is 6.61 Å². The molecule has 3 heteroatoms. The second-order valence-electron chi connectivity index (χ2n) is 7.93. The van der Waals surface area contributed by atoms with E-state index < -0.39 is 5.97 Å². The molecule has 1 saturated heterocycles. The Morgan fingerprint density at radius 2 is 1.28 bits per heavy atom. The summed E-state index contributed by atoms with van der Waals surface area (Å²) in [6.45, 7) is 3.09. The van der Waals surface area contributed by atoms with Crippen molar-refractivity contribution in [3.05, 3.63) is 0 Å². The molecule has 2 atom stereocenters.